The first-order valence-corrected chi connectivity index (χ1v) is 10.3. The first-order valence-electron chi connectivity index (χ1n) is 10.3. The van der Waals surface area contributed by atoms with Crippen molar-refractivity contribution in [2.75, 3.05) is 10.2 Å². The van der Waals surface area contributed by atoms with E-state index in [1.807, 2.05) is 42.5 Å². The maximum atomic E-state index is 12.7. The van der Waals surface area contributed by atoms with E-state index in [9.17, 15) is 9.59 Å². The van der Waals surface area contributed by atoms with E-state index in [-0.39, 0.29) is 18.0 Å². The molecule has 0 saturated heterocycles. The summed E-state index contributed by atoms with van der Waals surface area (Å²) < 4.78 is 5.82. The van der Waals surface area contributed by atoms with E-state index in [0.29, 0.717) is 18.0 Å². The van der Waals surface area contributed by atoms with Crippen molar-refractivity contribution in [3.63, 3.8) is 0 Å². The molecule has 2 aliphatic rings. The van der Waals surface area contributed by atoms with E-state index in [1.165, 1.54) is 19.3 Å². The van der Waals surface area contributed by atoms with Crippen LogP contribution in [0.2, 0.25) is 0 Å². The molecule has 6 heteroatoms. The molecular weight excluding hydrogens is 366 g/mol. The molecule has 0 spiro atoms. The zero-order valence-corrected chi connectivity index (χ0v) is 16.7. The number of nitrogens with zero attached hydrogens (tertiary/aromatic N) is 1. The molecule has 1 unspecified atom stereocenters. The predicted molar refractivity (Wildman–Crippen MR) is 113 cm³/mol. The Labute approximate surface area is 171 Å². The second-order valence-corrected chi connectivity index (χ2v) is 7.79. The van der Waals surface area contributed by atoms with Crippen LogP contribution in [0, 0.1) is 0 Å². The van der Waals surface area contributed by atoms with Gasteiger partial charge < -0.3 is 20.3 Å². The zero-order valence-electron chi connectivity index (χ0n) is 16.7. The molecule has 0 radical (unpaired) electrons. The predicted octanol–water partition coefficient (Wildman–Crippen LogP) is 4.45. The fraction of sp³-hybridized carbons (Fsp3) is 0.391. The molecule has 1 heterocycles. The third-order valence-electron chi connectivity index (χ3n) is 5.55. The number of nitrogens with one attached hydrogen (secondary N) is 2. The first-order chi connectivity index (χ1) is 14.1. The van der Waals surface area contributed by atoms with Gasteiger partial charge in [-0.1, -0.05) is 49.6 Å². The van der Waals surface area contributed by atoms with E-state index < -0.39 is 6.10 Å². The van der Waals surface area contributed by atoms with Gasteiger partial charge in [0.25, 0.3) is 5.91 Å². The fourth-order valence-electron chi connectivity index (χ4n) is 4.02. The summed E-state index contributed by atoms with van der Waals surface area (Å²) in [6.07, 6.45) is 5.08. The van der Waals surface area contributed by atoms with Crippen LogP contribution in [0.1, 0.15) is 44.6 Å². The molecule has 152 valence electrons. The Balaban J connectivity index is 1.49. The van der Waals surface area contributed by atoms with Crippen LogP contribution >= 0.6 is 0 Å². The van der Waals surface area contributed by atoms with E-state index in [1.54, 1.807) is 17.9 Å². The van der Waals surface area contributed by atoms with E-state index >= 15 is 0 Å². The number of fused-ring (bicyclic) bond motifs is 1. The van der Waals surface area contributed by atoms with Crippen LogP contribution in [0.4, 0.5) is 16.2 Å². The van der Waals surface area contributed by atoms with Crippen molar-refractivity contribution in [2.45, 2.75) is 57.7 Å². The summed E-state index contributed by atoms with van der Waals surface area (Å²) in [5.41, 5.74) is 2.42. The number of amides is 3. The molecule has 1 saturated carbocycles. The molecule has 6 nitrogen and oxygen atoms in total. The zero-order chi connectivity index (χ0) is 20.2. The van der Waals surface area contributed by atoms with Gasteiger partial charge in [-0.3, -0.25) is 4.79 Å². The van der Waals surface area contributed by atoms with Gasteiger partial charge >= 0.3 is 6.03 Å². The summed E-state index contributed by atoms with van der Waals surface area (Å²) in [4.78, 5) is 26.8. The van der Waals surface area contributed by atoms with Gasteiger partial charge in [0.2, 0.25) is 0 Å². The van der Waals surface area contributed by atoms with Crippen molar-refractivity contribution in [1.29, 1.82) is 0 Å². The van der Waals surface area contributed by atoms with Gasteiger partial charge in [0.1, 0.15) is 5.75 Å². The Bertz CT molecular complexity index is 878. The van der Waals surface area contributed by atoms with Gasteiger partial charge in [-0.05, 0) is 37.5 Å². The molecule has 3 amide bonds. The highest BCUT2D eigenvalue weighted by molar-refractivity contribution is 6.00. The molecule has 29 heavy (non-hydrogen) atoms. The molecule has 2 aromatic carbocycles. The topological polar surface area (TPSA) is 70.7 Å². The minimum absolute atomic E-state index is 0.0721. The lowest BCUT2D eigenvalue weighted by atomic mass is 9.96. The van der Waals surface area contributed by atoms with Crippen molar-refractivity contribution in [3.8, 4) is 5.75 Å². The van der Waals surface area contributed by atoms with Gasteiger partial charge in [0, 0.05) is 17.8 Å². The lowest BCUT2D eigenvalue weighted by Crippen LogP contribution is -2.44. The first kappa shape index (κ1) is 19.3. The molecule has 1 aliphatic carbocycles. The van der Waals surface area contributed by atoms with Gasteiger partial charge in [0.05, 0.1) is 12.2 Å². The largest absolute Gasteiger partial charge is 0.479 e. The minimum Gasteiger partial charge on any atom is -0.479 e. The summed E-state index contributed by atoms with van der Waals surface area (Å²) in [6, 6.07) is 15.4. The van der Waals surface area contributed by atoms with Crippen molar-refractivity contribution >= 4 is 23.3 Å². The van der Waals surface area contributed by atoms with Crippen molar-refractivity contribution in [3.05, 3.63) is 54.1 Å². The number of carbonyl (C=O) groups excluding carboxylic acids is 2. The highest BCUT2D eigenvalue weighted by atomic mass is 16.5. The number of hydrogen-bond donors (Lipinski definition) is 2. The molecule has 1 aliphatic heterocycles. The number of anilines is 2. The summed E-state index contributed by atoms with van der Waals surface area (Å²) in [7, 11) is 0. The van der Waals surface area contributed by atoms with Crippen LogP contribution in [0.3, 0.4) is 0 Å². The monoisotopic (exact) mass is 393 g/mol. The number of carbonyl (C=O) groups is 2. The Morgan fingerprint density at radius 2 is 1.86 bits per heavy atom. The van der Waals surface area contributed by atoms with E-state index in [0.717, 1.165) is 24.1 Å². The lowest BCUT2D eigenvalue weighted by Gasteiger charge is -2.33. The number of urea groups is 1. The maximum Gasteiger partial charge on any atom is 0.319 e. The number of hydrogen-bond acceptors (Lipinski definition) is 3. The van der Waals surface area contributed by atoms with Crippen LogP contribution in [0.15, 0.2) is 48.5 Å². The summed E-state index contributed by atoms with van der Waals surface area (Å²) in [5, 5.41) is 5.95. The van der Waals surface area contributed by atoms with Crippen LogP contribution < -0.4 is 20.3 Å². The molecule has 0 bridgehead atoms. The van der Waals surface area contributed by atoms with Crippen LogP contribution in [-0.2, 0) is 11.3 Å². The molecule has 0 aromatic heterocycles. The van der Waals surface area contributed by atoms with Gasteiger partial charge in [0.15, 0.2) is 6.10 Å². The number of ether oxygens (including phenoxy) is 1. The summed E-state index contributed by atoms with van der Waals surface area (Å²) in [6.45, 7) is 2.23. The fourth-order valence-corrected chi connectivity index (χ4v) is 4.02. The van der Waals surface area contributed by atoms with E-state index in [4.69, 9.17) is 4.74 Å². The quantitative estimate of drug-likeness (QED) is 0.806. The molecule has 1 atom stereocenters. The average molecular weight is 393 g/mol. The summed E-state index contributed by atoms with van der Waals surface area (Å²) >= 11 is 0. The standard InChI is InChI=1S/C23H27N3O3/c1-16-22(27)26(15-17-8-4-2-5-9-17)20-13-12-19(14-21(20)29-16)25-23(28)24-18-10-6-3-7-11-18/h2,4-5,8-9,12-14,16,18H,3,6-7,10-11,15H2,1H3,(H2,24,25,28). The normalized spacial score (nSPS) is 19.3. The van der Waals surface area contributed by atoms with Crippen molar-refractivity contribution in [1.82, 2.24) is 5.32 Å². The molecule has 4 rings (SSSR count). The van der Waals surface area contributed by atoms with Gasteiger partial charge in [-0.2, -0.15) is 0 Å². The lowest BCUT2D eigenvalue weighted by molar-refractivity contribution is -0.125. The van der Waals surface area contributed by atoms with E-state index in [2.05, 4.69) is 10.6 Å². The number of benzene rings is 2. The smallest absolute Gasteiger partial charge is 0.319 e. The van der Waals surface area contributed by atoms with Crippen molar-refractivity contribution < 1.29 is 14.3 Å². The average Bonchev–Trinajstić information content (AvgIpc) is 2.73. The van der Waals surface area contributed by atoms with Crippen LogP contribution in [0.25, 0.3) is 0 Å². The van der Waals surface area contributed by atoms with Crippen LogP contribution in [0.5, 0.6) is 5.75 Å². The van der Waals surface area contributed by atoms with Crippen LogP contribution in [-0.4, -0.2) is 24.1 Å². The second kappa shape index (κ2) is 8.55. The van der Waals surface area contributed by atoms with Gasteiger partial charge in [-0.15, -0.1) is 0 Å². The third-order valence-corrected chi connectivity index (χ3v) is 5.55. The highest BCUT2D eigenvalue weighted by Gasteiger charge is 2.31. The Morgan fingerprint density at radius 1 is 1.10 bits per heavy atom. The highest BCUT2D eigenvalue weighted by Crippen LogP contribution is 2.37. The maximum absolute atomic E-state index is 12.7. The Morgan fingerprint density at radius 3 is 2.62 bits per heavy atom. The second-order valence-electron chi connectivity index (χ2n) is 7.79. The minimum atomic E-state index is -0.572. The summed E-state index contributed by atoms with van der Waals surface area (Å²) in [5.74, 6) is 0.528. The SMILES string of the molecule is CC1Oc2cc(NC(=O)NC3CCCCC3)ccc2N(Cc2ccccc2)C1=O. The van der Waals surface area contributed by atoms with Gasteiger partial charge in [-0.25, -0.2) is 4.79 Å². The molecular formula is C23H27N3O3. The van der Waals surface area contributed by atoms with Crippen molar-refractivity contribution in [2.24, 2.45) is 0 Å². The molecule has 2 N–H and O–H groups in total. The Hall–Kier alpha value is -3.02. The Kier molecular flexibility index (Phi) is 5.69. The number of rotatable bonds is 4. The third kappa shape index (κ3) is 4.53. The molecule has 1 fully saturated rings. The molecule has 2 aromatic rings.